The van der Waals surface area contributed by atoms with Gasteiger partial charge in [-0.05, 0) is 31.4 Å². The fourth-order valence-electron chi connectivity index (χ4n) is 2.16. The van der Waals surface area contributed by atoms with Crippen LogP contribution >= 0.6 is 15.9 Å². The molecular weight excluding hydrogens is 268 g/mol. The molecule has 0 aromatic heterocycles. The molecule has 2 unspecified atom stereocenters. The number of halogens is 1. The Hall–Kier alpha value is -0.380. The van der Waals surface area contributed by atoms with E-state index < -0.39 is 6.10 Å². The number of hydrogen-bond acceptors (Lipinski definition) is 2. The largest absolute Gasteiger partial charge is 0.388 e. The second-order valence-corrected chi connectivity index (χ2v) is 5.30. The lowest BCUT2D eigenvalue weighted by molar-refractivity contribution is -0.0102. The van der Waals surface area contributed by atoms with Crippen molar-refractivity contribution in [2.75, 3.05) is 13.2 Å². The Morgan fingerprint density at radius 1 is 1.50 bits per heavy atom. The van der Waals surface area contributed by atoms with Crippen LogP contribution in [0.25, 0.3) is 0 Å². The lowest BCUT2D eigenvalue weighted by Crippen LogP contribution is -2.23. The molecule has 16 heavy (non-hydrogen) atoms. The number of aryl methyl sites for hydroxylation is 1. The molecule has 0 bridgehead atoms. The van der Waals surface area contributed by atoms with Gasteiger partial charge in [0.15, 0.2) is 0 Å². The molecule has 88 valence electrons. The van der Waals surface area contributed by atoms with Crippen molar-refractivity contribution in [1.82, 2.24) is 0 Å². The molecule has 1 aromatic rings. The van der Waals surface area contributed by atoms with E-state index in [4.69, 9.17) is 4.74 Å². The molecule has 1 aromatic carbocycles. The van der Waals surface area contributed by atoms with Crippen molar-refractivity contribution in [3.05, 3.63) is 33.8 Å². The Balaban J connectivity index is 2.18. The average Bonchev–Trinajstić information content (AvgIpc) is 2.32. The fraction of sp³-hybridized carbons (Fsp3) is 0.538. The minimum Gasteiger partial charge on any atom is -0.388 e. The first-order valence-electron chi connectivity index (χ1n) is 5.70. The molecule has 1 N–H and O–H groups in total. The molecule has 2 rings (SSSR count). The first-order chi connectivity index (χ1) is 7.68. The molecular formula is C13H17BrO2. The first kappa shape index (κ1) is 12.1. The molecule has 0 saturated carbocycles. The predicted molar refractivity (Wildman–Crippen MR) is 67.4 cm³/mol. The molecule has 1 aliphatic rings. The predicted octanol–water partition coefficient (Wildman–Crippen LogP) is 3.22. The van der Waals surface area contributed by atoms with E-state index in [9.17, 15) is 5.11 Å². The van der Waals surface area contributed by atoms with Gasteiger partial charge in [-0.25, -0.2) is 0 Å². The number of aliphatic hydroxyl groups excluding tert-OH is 1. The van der Waals surface area contributed by atoms with Crippen molar-refractivity contribution in [2.24, 2.45) is 5.92 Å². The van der Waals surface area contributed by atoms with Gasteiger partial charge in [0.1, 0.15) is 0 Å². The lowest BCUT2D eigenvalue weighted by Gasteiger charge is -2.27. The average molecular weight is 285 g/mol. The van der Waals surface area contributed by atoms with Crippen LogP contribution in [0.4, 0.5) is 0 Å². The minimum atomic E-state index is -0.422. The van der Waals surface area contributed by atoms with E-state index in [1.165, 1.54) is 5.56 Å². The van der Waals surface area contributed by atoms with Crippen LogP contribution in [-0.2, 0) is 4.74 Å². The molecule has 0 amide bonds. The van der Waals surface area contributed by atoms with E-state index in [0.29, 0.717) is 6.61 Å². The van der Waals surface area contributed by atoms with Gasteiger partial charge in [-0.3, -0.25) is 0 Å². The number of rotatable bonds is 2. The third-order valence-electron chi connectivity index (χ3n) is 3.11. The SMILES string of the molecule is Cc1ccc(Br)c(C(O)C2CCCOC2)c1. The summed E-state index contributed by atoms with van der Waals surface area (Å²) in [4.78, 5) is 0. The summed E-state index contributed by atoms with van der Waals surface area (Å²) >= 11 is 3.50. The highest BCUT2D eigenvalue weighted by molar-refractivity contribution is 9.10. The highest BCUT2D eigenvalue weighted by atomic mass is 79.9. The summed E-state index contributed by atoms with van der Waals surface area (Å²) in [6.45, 7) is 3.54. The van der Waals surface area contributed by atoms with Crippen molar-refractivity contribution in [2.45, 2.75) is 25.9 Å². The zero-order valence-electron chi connectivity index (χ0n) is 9.45. The van der Waals surface area contributed by atoms with Crippen molar-refractivity contribution < 1.29 is 9.84 Å². The van der Waals surface area contributed by atoms with Gasteiger partial charge in [-0.2, -0.15) is 0 Å². The van der Waals surface area contributed by atoms with Gasteiger partial charge in [-0.1, -0.05) is 33.6 Å². The van der Waals surface area contributed by atoms with Crippen LogP contribution in [0.2, 0.25) is 0 Å². The van der Waals surface area contributed by atoms with Crippen LogP contribution in [-0.4, -0.2) is 18.3 Å². The highest BCUT2D eigenvalue weighted by Crippen LogP contribution is 2.33. The van der Waals surface area contributed by atoms with Crippen LogP contribution in [0.5, 0.6) is 0 Å². The maximum absolute atomic E-state index is 10.3. The van der Waals surface area contributed by atoms with Crippen LogP contribution in [0.1, 0.15) is 30.1 Å². The van der Waals surface area contributed by atoms with Crippen LogP contribution < -0.4 is 0 Å². The number of hydrogen-bond donors (Lipinski definition) is 1. The van der Waals surface area contributed by atoms with E-state index in [0.717, 1.165) is 29.5 Å². The van der Waals surface area contributed by atoms with E-state index in [-0.39, 0.29) is 5.92 Å². The third kappa shape index (κ3) is 2.65. The zero-order chi connectivity index (χ0) is 11.5. The standard InChI is InChI=1S/C13H17BrO2/c1-9-4-5-12(14)11(7-9)13(15)10-3-2-6-16-8-10/h4-5,7,10,13,15H,2-3,6,8H2,1H3. The summed E-state index contributed by atoms with van der Waals surface area (Å²) in [6, 6.07) is 6.08. The topological polar surface area (TPSA) is 29.5 Å². The lowest BCUT2D eigenvalue weighted by atomic mass is 9.90. The summed E-state index contributed by atoms with van der Waals surface area (Å²) in [5.41, 5.74) is 2.16. The van der Waals surface area contributed by atoms with Crippen molar-refractivity contribution in [3.8, 4) is 0 Å². The van der Waals surface area contributed by atoms with E-state index in [1.54, 1.807) is 0 Å². The molecule has 1 aliphatic heterocycles. The van der Waals surface area contributed by atoms with Gasteiger partial charge in [-0.15, -0.1) is 0 Å². The Morgan fingerprint density at radius 2 is 2.31 bits per heavy atom. The minimum absolute atomic E-state index is 0.229. The van der Waals surface area contributed by atoms with Crippen molar-refractivity contribution in [1.29, 1.82) is 0 Å². The van der Waals surface area contributed by atoms with Crippen LogP contribution in [0, 0.1) is 12.8 Å². The molecule has 0 spiro atoms. The summed E-state index contributed by atoms with van der Waals surface area (Å²) in [7, 11) is 0. The van der Waals surface area contributed by atoms with Gasteiger partial charge in [0, 0.05) is 17.0 Å². The summed E-state index contributed by atoms with van der Waals surface area (Å²) in [5, 5.41) is 10.3. The first-order valence-corrected chi connectivity index (χ1v) is 6.49. The smallest absolute Gasteiger partial charge is 0.0851 e. The second-order valence-electron chi connectivity index (χ2n) is 4.45. The zero-order valence-corrected chi connectivity index (χ0v) is 11.0. The van der Waals surface area contributed by atoms with E-state index in [2.05, 4.69) is 15.9 Å². The molecule has 0 radical (unpaired) electrons. The normalized spacial score (nSPS) is 23.1. The highest BCUT2D eigenvalue weighted by Gasteiger charge is 2.25. The molecule has 1 fully saturated rings. The Labute approximate surface area is 105 Å². The Bertz CT molecular complexity index is 359. The number of ether oxygens (including phenoxy) is 1. The maximum atomic E-state index is 10.3. The van der Waals surface area contributed by atoms with Gasteiger partial charge in [0.05, 0.1) is 12.7 Å². The van der Waals surface area contributed by atoms with Gasteiger partial charge in [0.25, 0.3) is 0 Å². The molecule has 3 heteroatoms. The Morgan fingerprint density at radius 3 is 3.00 bits per heavy atom. The molecule has 2 atom stereocenters. The fourth-order valence-corrected chi connectivity index (χ4v) is 2.64. The van der Waals surface area contributed by atoms with Gasteiger partial charge >= 0.3 is 0 Å². The summed E-state index contributed by atoms with van der Waals surface area (Å²) in [6.07, 6.45) is 1.67. The maximum Gasteiger partial charge on any atom is 0.0851 e. The molecule has 1 saturated heterocycles. The van der Waals surface area contributed by atoms with Crippen LogP contribution in [0.3, 0.4) is 0 Å². The third-order valence-corrected chi connectivity index (χ3v) is 3.83. The molecule has 2 nitrogen and oxygen atoms in total. The van der Waals surface area contributed by atoms with Gasteiger partial charge < -0.3 is 9.84 Å². The number of aliphatic hydroxyl groups is 1. The summed E-state index contributed by atoms with van der Waals surface area (Å²) < 4.78 is 6.40. The van der Waals surface area contributed by atoms with Crippen LogP contribution in [0.15, 0.2) is 22.7 Å². The van der Waals surface area contributed by atoms with E-state index in [1.807, 2.05) is 25.1 Å². The molecule has 1 heterocycles. The number of benzene rings is 1. The monoisotopic (exact) mass is 284 g/mol. The van der Waals surface area contributed by atoms with Gasteiger partial charge in [0.2, 0.25) is 0 Å². The van der Waals surface area contributed by atoms with Crippen molar-refractivity contribution >= 4 is 15.9 Å². The molecule has 0 aliphatic carbocycles. The second kappa shape index (κ2) is 5.30. The summed E-state index contributed by atoms with van der Waals surface area (Å²) in [5.74, 6) is 0.229. The van der Waals surface area contributed by atoms with E-state index >= 15 is 0 Å². The van der Waals surface area contributed by atoms with Crippen molar-refractivity contribution in [3.63, 3.8) is 0 Å². The quantitative estimate of drug-likeness (QED) is 0.904. The Kier molecular flexibility index (Phi) is 4.00.